The zero-order valence-corrected chi connectivity index (χ0v) is 24.9. The molecular formula is C30H46ClN5O. The predicted octanol–water partition coefficient (Wildman–Crippen LogP) is 7.88. The number of aliphatic imine (C=N–C) groups is 1. The number of rotatable bonds is 2. The number of benzene rings is 2. The fraction of sp³-hybridized carbons (Fsp3) is 0.467. The second-order valence-corrected chi connectivity index (χ2v) is 9.70. The number of hydrogen-bond acceptors (Lipinski definition) is 4. The molecule has 37 heavy (non-hydrogen) atoms. The Morgan fingerprint density at radius 2 is 1.49 bits per heavy atom. The molecule has 2 heterocycles. The zero-order chi connectivity index (χ0) is 28.4. The number of fused-ring (bicyclic) bond motifs is 3. The van der Waals surface area contributed by atoms with E-state index in [1.165, 1.54) is 24.8 Å². The number of nitrogens with zero attached hydrogens (tertiary/aromatic N) is 4. The van der Waals surface area contributed by atoms with E-state index in [2.05, 4.69) is 94.1 Å². The van der Waals surface area contributed by atoms with Crippen molar-refractivity contribution in [1.29, 1.82) is 0 Å². The summed E-state index contributed by atoms with van der Waals surface area (Å²) in [5.74, 6) is 2.56. The first-order valence-electron chi connectivity index (χ1n) is 13.1. The monoisotopic (exact) mass is 527 g/mol. The van der Waals surface area contributed by atoms with Crippen LogP contribution in [0.3, 0.4) is 0 Å². The number of aromatic nitrogens is 3. The van der Waals surface area contributed by atoms with Crippen LogP contribution in [-0.2, 0) is 11.3 Å². The molecule has 0 atom stereocenters. The fourth-order valence-corrected chi connectivity index (χ4v) is 3.07. The lowest BCUT2D eigenvalue weighted by Gasteiger charge is -2.13. The van der Waals surface area contributed by atoms with Crippen molar-refractivity contribution in [3.8, 4) is 5.69 Å². The molecule has 0 saturated carbocycles. The third-order valence-corrected chi connectivity index (χ3v) is 4.79. The lowest BCUT2D eigenvalue weighted by Crippen LogP contribution is -2.08. The largest absolute Gasteiger partial charge is 0.372 e. The van der Waals surface area contributed by atoms with E-state index < -0.39 is 0 Å². The summed E-state index contributed by atoms with van der Waals surface area (Å²) in [6, 6.07) is 14.2. The maximum absolute atomic E-state index is 8.58. The van der Waals surface area contributed by atoms with E-state index in [1.807, 2.05) is 31.2 Å². The van der Waals surface area contributed by atoms with Crippen LogP contribution in [0.4, 0.5) is 0 Å². The molecule has 1 amide bonds. The van der Waals surface area contributed by atoms with Gasteiger partial charge in [0.15, 0.2) is 5.82 Å². The summed E-state index contributed by atoms with van der Waals surface area (Å²) in [4.78, 5) is 13.4. The van der Waals surface area contributed by atoms with E-state index >= 15 is 0 Å². The van der Waals surface area contributed by atoms with Gasteiger partial charge >= 0.3 is 0 Å². The number of nitrogens with two attached hydrogens (primary N) is 1. The van der Waals surface area contributed by atoms with E-state index in [-0.39, 0.29) is 6.41 Å². The molecule has 1 aliphatic rings. The van der Waals surface area contributed by atoms with Gasteiger partial charge in [0.2, 0.25) is 6.41 Å². The second kappa shape index (κ2) is 19.2. The van der Waals surface area contributed by atoms with Crippen molar-refractivity contribution in [1.82, 2.24) is 14.8 Å². The highest BCUT2D eigenvalue weighted by atomic mass is 35.5. The van der Waals surface area contributed by atoms with Crippen molar-refractivity contribution in [2.75, 3.05) is 0 Å². The maximum Gasteiger partial charge on any atom is 0.204 e. The van der Waals surface area contributed by atoms with Gasteiger partial charge in [-0.15, -0.1) is 10.2 Å². The summed E-state index contributed by atoms with van der Waals surface area (Å²) >= 11 is 6.02. The molecule has 3 aromatic rings. The van der Waals surface area contributed by atoms with Gasteiger partial charge in [0.05, 0.1) is 11.4 Å². The van der Waals surface area contributed by atoms with Gasteiger partial charge in [-0.2, -0.15) is 0 Å². The number of carbonyl (C=O) groups excluding carboxylic acids is 1. The Labute approximate surface area is 229 Å². The molecule has 0 spiro atoms. The van der Waals surface area contributed by atoms with Crippen LogP contribution in [0.2, 0.25) is 5.02 Å². The Morgan fingerprint density at radius 3 is 1.97 bits per heavy atom. The van der Waals surface area contributed by atoms with Crippen molar-refractivity contribution < 1.29 is 4.79 Å². The highest BCUT2D eigenvalue weighted by Crippen LogP contribution is 2.27. The second-order valence-electron chi connectivity index (χ2n) is 9.27. The van der Waals surface area contributed by atoms with E-state index in [1.54, 1.807) is 0 Å². The molecule has 1 aliphatic heterocycles. The fourth-order valence-electron chi connectivity index (χ4n) is 2.95. The maximum atomic E-state index is 8.58. The van der Waals surface area contributed by atoms with Crippen LogP contribution < -0.4 is 5.73 Å². The van der Waals surface area contributed by atoms with Gasteiger partial charge in [-0.3, -0.25) is 14.4 Å². The minimum absolute atomic E-state index is 0.250. The summed E-state index contributed by atoms with van der Waals surface area (Å²) in [5, 5.41) is 9.18. The molecule has 0 saturated heterocycles. The molecule has 2 N–H and O–H groups in total. The number of hydrogen-bond donors (Lipinski definition) is 1. The van der Waals surface area contributed by atoms with E-state index in [4.69, 9.17) is 21.4 Å². The highest BCUT2D eigenvalue weighted by molar-refractivity contribution is 6.30. The summed E-state index contributed by atoms with van der Waals surface area (Å²) in [6.07, 6.45) is 4.14. The topological polar surface area (TPSA) is 86.2 Å². The van der Waals surface area contributed by atoms with E-state index in [9.17, 15) is 0 Å². The molecule has 7 heteroatoms. The lowest BCUT2D eigenvalue weighted by molar-refractivity contribution is -0.106. The van der Waals surface area contributed by atoms with Crippen LogP contribution in [0.5, 0.6) is 0 Å². The molecular weight excluding hydrogens is 482 g/mol. The van der Waals surface area contributed by atoms with Crippen molar-refractivity contribution >= 4 is 23.7 Å². The highest BCUT2D eigenvalue weighted by Gasteiger charge is 2.21. The van der Waals surface area contributed by atoms with Gasteiger partial charge in [-0.05, 0) is 44.0 Å². The Kier molecular flexibility index (Phi) is 17.6. The van der Waals surface area contributed by atoms with Crippen LogP contribution in [0, 0.1) is 19.8 Å². The van der Waals surface area contributed by atoms with Crippen LogP contribution in [0.25, 0.3) is 5.69 Å². The van der Waals surface area contributed by atoms with E-state index in [0.29, 0.717) is 6.54 Å². The average molecular weight is 528 g/mol. The Morgan fingerprint density at radius 1 is 0.973 bits per heavy atom. The smallest absolute Gasteiger partial charge is 0.204 e. The number of unbranched alkanes of at least 4 members (excludes halogenated alkanes) is 1. The molecule has 0 radical (unpaired) electrons. The Balaban J connectivity index is 0.000000776. The van der Waals surface area contributed by atoms with Gasteiger partial charge in [-0.1, -0.05) is 103 Å². The number of aryl methyl sites for hydroxylation is 2. The molecule has 4 rings (SSSR count). The molecule has 204 valence electrons. The zero-order valence-electron chi connectivity index (χ0n) is 24.2. The molecule has 6 nitrogen and oxygen atoms in total. The minimum atomic E-state index is 0.250. The van der Waals surface area contributed by atoms with Gasteiger partial charge in [0.1, 0.15) is 12.4 Å². The number of carbonyl (C=O) groups is 1. The minimum Gasteiger partial charge on any atom is -0.372 e. The Bertz CT molecular complexity index is 1070. The van der Waals surface area contributed by atoms with Crippen molar-refractivity contribution in [2.45, 2.75) is 88.1 Å². The SMILES string of the molecule is CC(C)C.CCC.CCCC.Cc1ccc2c(c1)C(c1ccc(Cl)cc1)=NCc1nnc(C)n1-2.NC=O. The summed E-state index contributed by atoms with van der Waals surface area (Å²) in [5.41, 5.74) is 9.54. The lowest BCUT2D eigenvalue weighted by atomic mass is 9.98. The van der Waals surface area contributed by atoms with Crippen LogP contribution in [-0.4, -0.2) is 26.9 Å². The summed E-state index contributed by atoms with van der Waals surface area (Å²) < 4.78 is 2.08. The molecule has 1 aromatic heterocycles. The van der Waals surface area contributed by atoms with Gasteiger partial charge in [-0.25, -0.2) is 0 Å². The third-order valence-electron chi connectivity index (χ3n) is 4.54. The normalized spacial score (nSPS) is 10.7. The molecule has 0 bridgehead atoms. The average Bonchev–Trinajstić information content (AvgIpc) is 3.12. The van der Waals surface area contributed by atoms with Crippen LogP contribution in [0.1, 0.15) is 96.1 Å². The molecule has 0 unspecified atom stereocenters. The summed E-state index contributed by atoms with van der Waals surface area (Å²) in [6.45, 7) is 19.7. The molecule has 0 aliphatic carbocycles. The number of halogens is 1. The van der Waals surface area contributed by atoms with Crippen LogP contribution in [0.15, 0.2) is 47.5 Å². The predicted molar refractivity (Wildman–Crippen MR) is 159 cm³/mol. The van der Waals surface area contributed by atoms with Gasteiger partial charge < -0.3 is 5.73 Å². The van der Waals surface area contributed by atoms with Gasteiger partial charge in [0, 0.05) is 16.1 Å². The first-order chi connectivity index (χ1) is 17.6. The molecule has 2 aromatic carbocycles. The van der Waals surface area contributed by atoms with Gasteiger partial charge in [0.25, 0.3) is 0 Å². The molecule has 0 fully saturated rings. The van der Waals surface area contributed by atoms with Crippen LogP contribution >= 0.6 is 11.6 Å². The van der Waals surface area contributed by atoms with Crippen molar-refractivity contribution in [2.24, 2.45) is 16.6 Å². The summed E-state index contributed by atoms with van der Waals surface area (Å²) in [7, 11) is 0. The number of amides is 1. The van der Waals surface area contributed by atoms with Crippen molar-refractivity contribution in [3.63, 3.8) is 0 Å². The third kappa shape index (κ3) is 12.2. The quantitative estimate of drug-likeness (QED) is 0.344. The first-order valence-corrected chi connectivity index (χ1v) is 13.5. The standard InChI is InChI=1S/C18H15ClN4.2C4H10.C3H8.CH3NO/c1-11-3-8-16-15(9-11)18(13-4-6-14(19)7-5-13)20-10-17-22-21-12(2)23(16)17;1-4(2)3;1-3-4-2;1-3-2;2-1-3/h3-9H,10H2,1-2H3;4H,1-3H3;3-4H2,1-2H3;3H2,1-2H3;1H,(H2,2,3). The van der Waals surface area contributed by atoms with E-state index in [0.717, 1.165) is 45.1 Å². The Hall–Kier alpha value is -2.99. The first kappa shape index (κ1) is 34.0. The number of primary amides is 1. The van der Waals surface area contributed by atoms with Crippen molar-refractivity contribution in [3.05, 3.63) is 75.8 Å².